The molecule has 1 heterocycles. The molecule has 2 amide bonds. The first-order valence-electron chi connectivity index (χ1n) is 8.78. The van der Waals surface area contributed by atoms with E-state index in [1.54, 1.807) is 12.1 Å². The smallest absolute Gasteiger partial charge is 0.309 e. The number of hydrogen-bond acceptors (Lipinski definition) is 6. The van der Waals surface area contributed by atoms with E-state index in [1.165, 1.54) is 23.5 Å². The zero-order valence-electron chi connectivity index (χ0n) is 15.0. The Balaban J connectivity index is 1.66. The van der Waals surface area contributed by atoms with Crippen LogP contribution in [-0.4, -0.2) is 63.6 Å². The van der Waals surface area contributed by atoms with Crippen molar-refractivity contribution in [2.45, 2.75) is 36.4 Å². The molecule has 3 rings (SSSR count). The summed E-state index contributed by atoms with van der Waals surface area (Å²) in [6, 6.07) is 6.12. The number of hydrogen-bond donors (Lipinski definition) is 2. The number of nitrogens with zero attached hydrogens (tertiary/aromatic N) is 1. The van der Waals surface area contributed by atoms with Crippen LogP contribution < -0.4 is 15.4 Å². The number of carbonyl (C=O) groups is 2. The molecular formula is C17H23N3O6S. The minimum Gasteiger partial charge on any atom is -0.497 e. The lowest BCUT2D eigenvalue weighted by Gasteiger charge is -2.34. The molecule has 2 N–H and O–H groups in total. The first-order valence-corrected chi connectivity index (χ1v) is 10.2. The summed E-state index contributed by atoms with van der Waals surface area (Å²) in [6.07, 6.45) is 1.42. The number of sulfonamides is 1. The van der Waals surface area contributed by atoms with E-state index in [0.717, 1.165) is 12.8 Å². The SMILES string of the molecule is COc1ccc(S(=O)(=O)N2CCCO[C@H]2CNC(=O)C(=O)NC2CC2)cc1. The van der Waals surface area contributed by atoms with Crippen LogP contribution in [-0.2, 0) is 24.3 Å². The molecule has 0 bridgehead atoms. The Morgan fingerprint density at radius 2 is 1.93 bits per heavy atom. The van der Waals surface area contributed by atoms with Gasteiger partial charge in [-0.05, 0) is 43.5 Å². The van der Waals surface area contributed by atoms with Gasteiger partial charge in [0.25, 0.3) is 0 Å². The topological polar surface area (TPSA) is 114 Å². The van der Waals surface area contributed by atoms with Crippen molar-refractivity contribution in [3.05, 3.63) is 24.3 Å². The largest absolute Gasteiger partial charge is 0.497 e. The van der Waals surface area contributed by atoms with Crippen molar-refractivity contribution in [1.29, 1.82) is 0 Å². The molecule has 1 saturated carbocycles. The van der Waals surface area contributed by atoms with Crippen LogP contribution in [0.5, 0.6) is 5.75 Å². The van der Waals surface area contributed by atoms with Crippen molar-refractivity contribution in [3.63, 3.8) is 0 Å². The van der Waals surface area contributed by atoms with Gasteiger partial charge in [-0.15, -0.1) is 0 Å². The number of carbonyl (C=O) groups excluding carboxylic acids is 2. The van der Waals surface area contributed by atoms with E-state index >= 15 is 0 Å². The van der Waals surface area contributed by atoms with E-state index in [1.807, 2.05) is 0 Å². The van der Waals surface area contributed by atoms with Gasteiger partial charge in [0.1, 0.15) is 12.0 Å². The molecule has 0 spiro atoms. The summed E-state index contributed by atoms with van der Waals surface area (Å²) >= 11 is 0. The van der Waals surface area contributed by atoms with Crippen molar-refractivity contribution >= 4 is 21.8 Å². The molecule has 10 heteroatoms. The fourth-order valence-electron chi connectivity index (χ4n) is 2.72. The maximum atomic E-state index is 12.9. The molecule has 148 valence electrons. The zero-order valence-corrected chi connectivity index (χ0v) is 15.8. The van der Waals surface area contributed by atoms with Gasteiger partial charge in [-0.1, -0.05) is 0 Å². The molecule has 1 aliphatic carbocycles. The molecule has 1 atom stereocenters. The second kappa shape index (κ2) is 8.24. The Labute approximate surface area is 158 Å². The molecule has 0 aromatic heterocycles. The Morgan fingerprint density at radius 3 is 2.56 bits per heavy atom. The van der Waals surface area contributed by atoms with Crippen molar-refractivity contribution < 1.29 is 27.5 Å². The van der Waals surface area contributed by atoms with Crippen LogP contribution in [0.25, 0.3) is 0 Å². The lowest BCUT2D eigenvalue weighted by atomic mass is 10.3. The van der Waals surface area contributed by atoms with Gasteiger partial charge in [0.2, 0.25) is 10.0 Å². The Hall–Kier alpha value is -2.17. The van der Waals surface area contributed by atoms with Crippen molar-refractivity contribution in [3.8, 4) is 5.75 Å². The number of methoxy groups -OCH3 is 1. The molecular weight excluding hydrogens is 374 g/mol. The summed E-state index contributed by atoms with van der Waals surface area (Å²) in [4.78, 5) is 23.7. The monoisotopic (exact) mass is 397 g/mol. The second-order valence-electron chi connectivity index (χ2n) is 6.43. The van der Waals surface area contributed by atoms with Crippen molar-refractivity contribution in [2.75, 3.05) is 26.8 Å². The third-order valence-corrected chi connectivity index (χ3v) is 6.28. The van der Waals surface area contributed by atoms with Crippen molar-refractivity contribution in [1.82, 2.24) is 14.9 Å². The molecule has 9 nitrogen and oxygen atoms in total. The summed E-state index contributed by atoms with van der Waals surface area (Å²) in [5.41, 5.74) is 0. The number of ether oxygens (including phenoxy) is 2. The zero-order chi connectivity index (χ0) is 19.4. The van der Waals surface area contributed by atoms with Crippen molar-refractivity contribution in [2.24, 2.45) is 0 Å². The van der Waals surface area contributed by atoms with Crippen LogP contribution in [0.2, 0.25) is 0 Å². The summed E-state index contributed by atoms with van der Waals surface area (Å²) < 4.78 is 37.7. The van der Waals surface area contributed by atoms with Gasteiger partial charge >= 0.3 is 11.8 Å². The minimum atomic E-state index is -3.81. The maximum Gasteiger partial charge on any atom is 0.309 e. The molecule has 2 fully saturated rings. The van der Waals surface area contributed by atoms with E-state index in [0.29, 0.717) is 18.8 Å². The predicted molar refractivity (Wildman–Crippen MR) is 95.4 cm³/mol. The van der Waals surface area contributed by atoms with Crippen LogP contribution in [0, 0.1) is 0 Å². The van der Waals surface area contributed by atoms with E-state index in [4.69, 9.17) is 9.47 Å². The maximum absolute atomic E-state index is 12.9. The Kier molecular flexibility index (Phi) is 5.98. The van der Waals surface area contributed by atoms with Gasteiger partial charge in [-0.25, -0.2) is 8.42 Å². The highest BCUT2D eigenvalue weighted by molar-refractivity contribution is 7.89. The van der Waals surface area contributed by atoms with E-state index < -0.39 is 28.1 Å². The fourth-order valence-corrected chi connectivity index (χ4v) is 4.29. The molecule has 27 heavy (non-hydrogen) atoms. The van der Waals surface area contributed by atoms with Gasteiger partial charge in [-0.3, -0.25) is 9.59 Å². The van der Waals surface area contributed by atoms with Crippen LogP contribution in [0.4, 0.5) is 0 Å². The minimum absolute atomic E-state index is 0.0705. The molecule has 2 aliphatic rings. The fraction of sp³-hybridized carbons (Fsp3) is 0.529. The van der Waals surface area contributed by atoms with E-state index in [9.17, 15) is 18.0 Å². The molecule has 0 unspecified atom stereocenters. The molecule has 1 aromatic carbocycles. The highest BCUT2D eigenvalue weighted by atomic mass is 32.2. The normalized spacial score (nSPS) is 20.7. The van der Waals surface area contributed by atoms with Gasteiger partial charge in [0.05, 0.1) is 25.2 Å². The molecule has 1 aliphatic heterocycles. The molecule has 0 radical (unpaired) electrons. The third-order valence-electron chi connectivity index (χ3n) is 4.38. The van der Waals surface area contributed by atoms with Crippen LogP contribution in [0.3, 0.4) is 0 Å². The molecule has 1 aromatic rings. The highest BCUT2D eigenvalue weighted by Crippen LogP contribution is 2.24. The van der Waals surface area contributed by atoms with Crippen LogP contribution >= 0.6 is 0 Å². The first kappa shape index (κ1) is 19.6. The third kappa shape index (κ3) is 4.76. The van der Waals surface area contributed by atoms with Gasteiger partial charge < -0.3 is 20.1 Å². The number of nitrogens with one attached hydrogen (secondary N) is 2. The van der Waals surface area contributed by atoms with Gasteiger partial charge in [0, 0.05) is 12.6 Å². The highest BCUT2D eigenvalue weighted by Gasteiger charge is 2.35. The lowest BCUT2D eigenvalue weighted by molar-refractivity contribution is -0.140. The molecule has 1 saturated heterocycles. The van der Waals surface area contributed by atoms with E-state index in [2.05, 4.69) is 10.6 Å². The predicted octanol–water partition coefficient (Wildman–Crippen LogP) is -0.173. The van der Waals surface area contributed by atoms with Gasteiger partial charge in [0.15, 0.2) is 0 Å². The summed E-state index contributed by atoms with van der Waals surface area (Å²) in [6.45, 7) is 0.541. The standard InChI is InChI=1S/C17H23N3O6S/c1-25-13-5-7-14(8-6-13)27(23,24)20-9-2-10-26-15(20)11-18-16(21)17(22)19-12-3-4-12/h5-8,12,15H,2-4,9-11H2,1H3,(H,18,21)(H,19,22)/t15-/m0/s1. The summed E-state index contributed by atoms with van der Waals surface area (Å²) in [7, 11) is -2.31. The first-order chi connectivity index (χ1) is 12.9. The van der Waals surface area contributed by atoms with Crippen LogP contribution in [0.1, 0.15) is 19.3 Å². The lowest BCUT2D eigenvalue weighted by Crippen LogP contribution is -2.53. The average molecular weight is 397 g/mol. The number of benzene rings is 1. The second-order valence-corrected chi connectivity index (χ2v) is 8.32. The summed E-state index contributed by atoms with van der Waals surface area (Å²) in [5.74, 6) is -0.954. The van der Waals surface area contributed by atoms with Crippen LogP contribution in [0.15, 0.2) is 29.2 Å². The Morgan fingerprint density at radius 1 is 1.22 bits per heavy atom. The Bertz CT molecular complexity index is 791. The van der Waals surface area contributed by atoms with E-state index in [-0.39, 0.29) is 24.0 Å². The van der Waals surface area contributed by atoms with Gasteiger partial charge in [-0.2, -0.15) is 4.31 Å². The number of rotatable bonds is 6. The summed E-state index contributed by atoms with van der Waals surface area (Å²) in [5, 5.41) is 5.04. The number of amides is 2. The quantitative estimate of drug-likeness (QED) is 0.644. The average Bonchev–Trinajstić information content (AvgIpc) is 3.50.